The Morgan fingerprint density at radius 1 is 1.44 bits per heavy atom. The summed E-state index contributed by atoms with van der Waals surface area (Å²) in [6.07, 6.45) is 0.580. The molecule has 0 aliphatic rings. The van der Waals surface area contributed by atoms with Crippen LogP contribution < -0.4 is 4.74 Å². The van der Waals surface area contributed by atoms with Gasteiger partial charge in [0.05, 0.1) is 18.1 Å². The summed E-state index contributed by atoms with van der Waals surface area (Å²) < 4.78 is 18.6. The lowest BCUT2D eigenvalue weighted by atomic mass is 9.92. The molecule has 86 valence electrons. The van der Waals surface area contributed by atoms with Crippen molar-refractivity contribution in [2.24, 2.45) is 5.41 Å². The van der Waals surface area contributed by atoms with E-state index in [0.717, 1.165) is 5.56 Å². The van der Waals surface area contributed by atoms with E-state index in [-0.39, 0.29) is 11.6 Å². The van der Waals surface area contributed by atoms with Crippen LogP contribution >= 0.6 is 0 Å². The van der Waals surface area contributed by atoms with E-state index >= 15 is 0 Å². The molecular weight excluding hydrogens is 205 g/mol. The molecule has 0 amide bonds. The number of benzene rings is 1. The number of ether oxygens (including phenoxy) is 1. The van der Waals surface area contributed by atoms with Crippen molar-refractivity contribution in [2.75, 3.05) is 6.61 Å². The number of hydrogen-bond acceptors (Lipinski definition) is 2. The molecule has 1 aromatic carbocycles. The van der Waals surface area contributed by atoms with Crippen molar-refractivity contribution in [3.8, 4) is 11.8 Å². The summed E-state index contributed by atoms with van der Waals surface area (Å²) in [7, 11) is 0. The molecule has 0 heterocycles. The van der Waals surface area contributed by atoms with Gasteiger partial charge in [-0.2, -0.15) is 5.26 Å². The second-order valence-electron chi connectivity index (χ2n) is 4.53. The highest BCUT2D eigenvalue weighted by atomic mass is 19.1. The molecule has 0 saturated heterocycles. The van der Waals surface area contributed by atoms with Crippen molar-refractivity contribution in [2.45, 2.75) is 27.2 Å². The Morgan fingerprint density at radius 3 is 2.75 bits per heavy atom. The van der Waals surface area contributed by atoms with Crippen molar-refractivity contribution >= 4 is 0 Å². The van der Waals surface area contributed by atoms with Crippen LogP contribution in [0.4, 0.5) is 4.39 Å². The Hall–Kier alpha value is -1.56. The molecule has 0 aromatic heterocycles. The average molecular weight is 221 g/mol. The molecule has 1 aromatic rings. The summed E-state index contributed by atoms with van der Waals surface area (Å²) in [6, 6.07) is 6.93. The number of rotatable bonds is 4. The molecule has 0 unspecified atom stereocenters. The Morgan fingerprint density at radius 2 is 2.12 bits per heavy atom. The van der Waals surface area contributed by atoms with Crippen LogP contribution in [0.5, 0.6) is 5.75 Å². The quantitative estimate of drug-likeness (QED) is 0.780. The van der Waals surface area contributed by atoms with E-state index in [2.05, 4.69) is 6.07 Å². The third-order valence-electron chi connectivity index (χ3n) is 2.37. The smallest absolute Gasteiger partial charge is 0.165 e. The number of nitrogens with zero attached hydrogens (tertiary/aromatic N) is 1. The van der Waals surface area contributed by atoms with Crippen LogP contribution in [0.1, 0.15) is 25.8 Å². The van der Waals surface area contributed by atoms with E-state index < -0.39 is 5.41 Å². The average Bonchev–Trinajstić information content (AvgIpc) is 2.23. The zero-order chi connectivity index (χ0) is 12.2. The zero-order valence-corrected chi connectivity index (χ0v) is 9.88. The Kier molecular flexibility index (Phi) is 3.89. The minimum atomic E-state index is -0.430. The van der Waals surface area contributed by atoms with Crippen molar-refractivity contribution in [3.05, 3.63) is 29.6 Å². The monoisotopic (exact) mass is 221 g/mol. The summed E-state index contributed by atoms with van der Waals surface area (Å²) in [6.45, 7) is 5.90. The molecule has 0 aliphatic carbocycles. The van der Waals surface area contributed by atoms with Gasteiger partial charge in [-0.3, -0.25) is 0 Å². The first-order valence-corrected chi connectivity index (χ1v) is 5.25. The van der Waals surface area contributed by atoms with E-state index in [1.807, 2.05) is 20.8 Å². The van der Waals surface area contributed by atoms with Gasteiger partial charge in [0.15, 0.2) is 11.6 Å². The van der Waals surface area contributed by atoms with Gasteiger partial charge in [0.2, 0.25) is 0 Å². The molecule has 0 N–H and O–H groups in total. The maximum absolute atomic E-state index is 13.3. The highest BCUT2D eigenvalue weighted by molar-refractivity contribution is 5.29. The lowest BCUT2D eigenvalue weighted by Gasteiger charge is -2.15. The molecule has 0 spiro atoms. The Balaban J connectivity index is 2.56. The van der Waals surface area contributed by atoms with Crippen LogP contribution in [0.2, 0.25) is 0 Å². The summed E-state index contributed by atoms with van der Waals surface area (Å²) in [5, 5.41) is 8.81. The zero-order valence-electron chi connectivity index (χ0n) is 9.88. The second kappa shape index (κ2) is 4.98. The SMILES string of the molecule is Cc1ccc(F)c(OCCC(C)(C)C#N)c1. The van der Waals surface area contributed by atoms with Gasteiger partial charge in [0.1, 0.15) is 0 Å². The topological polar surface area (TPSA) is 33.0 Å². The fourth-order valence-electron chi connectivity index (χ4n) is 1.19. The van der Waals surface area contributed by atoms with Crippen molar-refractivity contribution < 1.29 is 9.13 Å². The van der Waals surface area contributed by atoms with Crippen LogP contribution in [0.3, 0.4) is 0 Å². The van der Waals surface area contributed by atoms with Crippen molar-refractivity contribution in [1.29, 1.82) is 5.26 Å². The summed E-state index contributed by atoms with van der Waals surface area (Å²) in [4.78, 5) is 0. The van der Waals surface area contributed by atoms with Gasteiger partial charge in [-0.15, -0.1) is 0 Å². The van der Waals surface area contributed by atoms with Gasteiger partial charge in [-0.25, -0.2) is 4.39 Å². The summed E-state index contributed by atoms with van der Waals surface area (Å²) >= 11 is 0. The fraction of sp³-hybridized carbons (Fsp3) is 0.462. The van der Waals surface area contributed by atoms with Crippen molar-refractivity contribution in [1.82, 2.24) is 0 Å². The van der Waals surface area contributed by atoms with Crippen LogP contribution in [0, 0.1) is 29.5 Å². The van der Waals surface area contributed by atoms with Crippen LogP contribution in [0.15, 0.2) is 18.2 Å². The molecule has 0 aliphatic heterocycles. The van der Waals surface area contributed by atoms with E-state index in [1.165, 1.54) is 6.07 Å². The first-order chi connectivity index (χ1) is 7.44. The largest absolute Gasteiger partial charge is 0.490 e. The maximum Gasteiger partial charge on any atom is 0.165 e. The predicted molar refractivity (Wildman–Crippen MR) is 60.6 cm³/mol. The van der Waals surface area contributed by atoms with E-state index in [0.29, 0.717) is 13.0 Å². The molecule has 0 fully saturated rings. The number of nitriles is 1. The third-order valence-corrected chi connectivity index (χ3v) is 2.37. The van der Waals surface area contributed by atoms with E-state index in [4.69, 9.17) is 10.00 Å². The lowest BCUT2D eigenvalue weighted by Crippen LogP contribution is -2.13. The molecule has 0 saturated carbocycles. The second-order valence-corrected chi connectivity index (χ2v) is 4.53. The first-order valence-electron chi connectivity index (χ1n) is 5.25. The molecule has 2 nitrogen and oxygen atoms in total. The maximum atomic E-state index is 13.3. The predicted octanol–water partition coefficient (Wildman–Crippen LogP) is 3.45. The van der Waals surface area contributed by atoms with Crippen LogP contribution in [-0.2, 0) is 0 Å². The van der Waals surface area contributed by atoms with Gasteiger partial charge < -0.3 is 4.74 Å². The first kappa shape index (κ1) is 12.5. The minimum Gasteiger partial charge on any atom is -0.490 e. The summed E-state index contributed by atoms with van der Waals surface area (Å²) in [5.41, 5.74) is 0.524. The van der Waals surface area contributed by atoms with E-state index in [1.54, 1.807) is 12.1 Å². The van der Waals surface area contributed by atoms with Crippen LogP contribution in [0.25, 0.3) is 0 Å². The number of hydrogen-bond donors (Lipinski definition) is 0. The van der Waals surface area contributed by atoms with Gasteiger partial charge in [0.25, 0.3) is 0 Å². The molecule has 1 rings (SSSR count). The number of aryl methyl sites for hydroxylation is 1. The molecular formula is C13H16FNO. The normalized spacial score (nSPS) is 10.9. The van der Waals surface area contributed by atoms with Gasteiger partial charge in [0, 0.05) is 0 Å². The van der Waals surface area contributed by atoms with Gasteiger partial charge >= 0.3 is 0 Å². The highest BCUT2D eigenvalue weighted by Crippen LogP contribution is 2.22. The highest BCUT2D eigenvalue weighted by Gasteiger charge is 2.16. The number of halogens is 1. The molecule has 0 radical (unpaired) electrons. The fourth-order valence-corrected chi connectivity index (χ4v) is 1.19. The van der Waals surface area contributed by atoms with Gasteiger partial charge in [-0.05, 0) is 44.9 Å². The Bertz CT molecular complexity index is 407. The lowest BCUT2D eigenvalue weighted by molar-refractivity contribution is 0.254. The standard InChI is InChI=1S/C13H16FNO/c1-10-4-5-11(14)12(8-10)16-7-6-13(2,3)9-15/h4-5,8H,6-7H2,1-3H3. The molecule has 16 heavy (non-hydrogen) atoms. The molecule has 0 atom stereocenters. The van der Waals surface area contributed by atoms with E-state index in [9.17, 15) is 4.39 Å². The molecule has 0 bridgehead atoms. The minimum absolute atomic E-state index is 0.258. The Labute approximate surface area is 95.7 Å². The third kappa shape index (κ3) is 3.54. The molecule has 3 heteroatoms. The van der Waals surface area contributed by atoms with Gasteiger partial charge in [-0.1, -0.05) is 6.07 Å². The van der Waals surface area contributed by atoms with Crippen LogP contribution in [-0.4, -0.2) is 6.61 Å². The summed E-state index contributed by atoms with van der Waals surface area (Å²) in [5.74, 6) is -0.103. The van der Waals surface area contributed by atoms with Crippen molar-refractivity contribution in [3.63, 3.8) is 0 Å².